The van der Waals surface area contributed by atoms with E-state index in [1.807, 2.05) is 0 Å². The highest BCUT2D eigenvalue weighted by molar-refractivity contribution is 7.92. The van der Waals surface area contributed by atoms with Crippen LogP contribution < -0.4 is 9.62 Å². The first kappa shape index (κ1) is 23.3. The Labute approximate surface area is 178 Å². The summed E-state index contributed by atoms with van der Waals surface area (Å²) in [7, 11) is -3.73. The Morgan fingerprint density at radius 1 is 1.32 bits per heavy atom. The van der Waals surface area contributed by atoms with Crippen LogP contribution in [0.2, 0.25) is 10.0 Å². The number of nitrogens with zero attached hydrogens (tertiary/aromatic N) is 2. The third-order valence-corrected chi connectivity index (χ3v) is 6.84. The molecule has 1 saturated heterocycles. The van der Waals surface area contributed by atoms with Crippen LogP contribution >= 0.6 is 23.2 Å². The third kappa shape index (κ3) is 6.51. The van der Waals surface area contributed by atoms with Crippen LogP contribution in [0.5, 0.6) is 0 Å². The Morgan fingerprint density at radius 3 is 2.57 bits per heavy atom. The maximum absolute atomic E-state index is 12.6. The lowest BCUT2D eigenvalue weighted by atomic mass is 9.99. The number of amides is 1. The number of hydrogen-bond acceptors (Lipinski definition) is 4. The fourth-order valence-electron chi connectivity index (χ4n) is 3.38. The Hall–Kier alpha value is -1.02. The molecule has 0 spiro atoms. The van der Waals surface area contributed by atoms with E-state index in [0.717, 1.165) is 42.5 Å². The summed E-state index contributed by atoms with van der Waals surface area (Å²) in [5.41, 5.74) is 0.196. The second-order valence-corrected chi connectivity index (χ2v) is 10.2. The number of halogens is 2. The molecule has 0 aliphatic carbocycles. The van der Waals surface area contributed by atoms with Crippen molar-refractivity contribution in [3.63, 3.8) is 0 Å². The van der Waals surface area contributed by atoms with Crippen molar-refractivity contribution < 1.29 is 13.2 Å². The fourth-order valence-corrected chi connectivity index (χ4v) is 4.99. The van der Waals surface area contributed by atoms with Gasteiger partial charge in [-0.25, -0.2) is 8.42 Å². The molecule has 28 heavy (non-hydrogen) atoms. The lowest BCUT2D eigenvalue weighted by Crippen LogP contribution is -2.48. The minimum atomic E-state index is -3.73. The molecule has 1 amide bonds. The lowest BCUT2D eigenvalue weighted by molar-refractivity contribution is -0.121. The molecule has 0 radical (unpaired) electrons. The number of hydrogen-bond donors (Lipinski definition) is 1. The molecule has 9 heteroatoms. The van der Waals surface area contributed by atoms with Crippen LogP contribution in [0, 0.1) is 5.92 Å². The molecule has 0 unspecified atom stereocenters. The summed E-state index contributed by atoms with van der Waals surface area (Å²) in [6.07, 6.45) is 4.30. The third-order valence-electron chi connectivity index (χ3n) is 5.06. The van der Waals surface area contributed by atoms with Crippen LogP contribution in [-0.4, -0.2) is 57.7 Å². The number of benzene rings is 1. The molecule has 1 aromatic rings. The second kappa shape index (κ2) is 10.1. The molecule has 0 bridgehead atoms. The van der Waals surface area contributed by atoms with Crippen LogP contribution in [0.3, 0.4) is 0 Å². The maximum Gasteiger partial charge on any atom is 0.243 e. The Balaban J connectivity index is 1.95. The molecular formula is C19H29Cl2N3O3S. The van der Waals surface area contributed by atoms with Crippen LogP contribution in [0.25, 0.3) is 0 Å². The Kier molecular flexibility index (Phi) is 8.43. The number of carbonyl (C=O) groups excluding carboxylic acids is 1. The SMILES string of the molecule is CC1CCN(CCCNC(=O)[C@@H](C)N(c2cc(Cl)ccc2Cl)S(C)(=O)=O)CC1. The zero-order chi connectivity index (χ0) is 20.9. The van der Waals surface area contributed by atoms with E-state index in [2.05, 4.69) is 17.1 Å². The summed E-state index contributed by atoms with van der Waals surface area (Å²) in [6.45, 7) is 7.44. The van der Waals surface area contributed by atoms with Gasteiger partial charge in [0.05, 0.1) is 17.0 Å². The van der Waals surface area contributed by atoms with E-state index in [9.17, 15) is 13.2 Å². The summed E-state index contributed by atoms with van der Waals surface area (Å²) in [4.78, 5) is 15.0. The highest BCUT2D eigenvalue weighted by Gasteiger charge is 2.30. The Morgan fingerprint density at radius 2 is 1.96 bits per heavy atom. The minimum Gasteiger partial charge on any atom is -0.354 e. The quantitative estimate of drug-likeness (QED) is 0.617. The normalized spacial score (nSPS) is 17.3. The molecule has 2 rings (SSSR count). The van der Waals surface area contributed by atoms with Gasteiger partial charge in [-0.05, 0) is 69.9 Å². The number of rotatable bonds is 8. The summed E-state index contributed by atoms with van der Waals surface area (Å²) in [5.74, 6) is 0.422. The van der Waals surface area contributed by atoms with Crippen molar-refractivity contribution in [2.75, 3.05) is 36.7 Å². The summed E-state index contributed by atoms with van der Waals surface area (Å²) in [6, 6.07) is 3.59. The fraction of sp³-hybridized carbons (Fsp3) is 0.632. The lowest BCUT2D eigenvalue weighted by Gasteiger charge is -2.30. The second-order valence-electron chi connectivity index (χ2n) is 7.50. The van der Waals surface area contributed by atoms with Gasteiger partial charge in [-0.3, -0.25) is 9.10 Å². The van der Waals surface area contributed by atoms with E-state index in [1.54, 1.807) is 13.0 Å². The van der Waals surface area contributed by atoms with Gasteiger partial charge in [0.1, 0.15) is 6.04 Å². The molecule has 1 aliphatic heterocycles. The van der Waals surface area contributed by atoms with Gasteiger partial charge in [-0.2, -0.15) is 0 Å². The average Bonchev–Trinajstić information content (AvgIpc) is 2.62. The largest absolute Gasteiger partial charge is 0.354 e. The number of anilines is 1. The van der Waals surface area contributed by atoms with E-state index in [-0.39, 0.29) is 16.6 Å². The molecule has 0 aromatic heterocycles. The number of piperidine rings is 1. The molecule has 6 nitrogen and oxygen atoms in total. The van der Waals surface area contributed by atoms with Gasteiger partial charge in [-0.15, -0.1) is 0 Å². The summed E-state index contributed by atoms with van der Waals surface area (Å²) in [5, 5.41) is 3.40. The number of likely N-dealkylation sites (tertiary alicyclic amines) is 1. The van der Waals surface area contributed by atoms with Crippen molar-refractivity contribution >= 4 is 44.8 Å². The summed E-state index contributed by atoms with van der Waals surface area (Å²) < 4.78 is 25.7. The predicted molar refractivity (Wildman–Crippen MR) is 116 cm³/mol. The van der Waals surface area contributed by atoms with E-state index in [4.69, 9.17) is 23.2 Å². The van der Waals surface area contributed by atoms with Gasteiger partial charge < -0.3 is 10.2 Å². The first-order valence-electron chi connectivity index (χ1n) is 9.54. The highest BCUT2D eigenvalue weighted by Crippen LogP contribution is 2.32. The van der Waals surface area contributed by atoms with Gasteiger partial charge in [0.15, 0.2) is 0 Å². The smallest absolute Gasteiger partial charge is 0.243 e. The molecule has 158 valence electrons. The van der Waals surface area contributed by atoms with Crippen molar-refractivity contribution in [1.82, 2.24) is 10.2 Å². The van der Waals surface area contributed by atoms with E-state index in [1.165, 1.54) is 25.0 Å². The van der Waals surface area contributed by atoms with Gasteiger partial charge >= 0.3 is 0 Å². The molecule has 1 atom stereocenters. The van der Waals surface area contributed by atoms with Gasteiger partial charge in [0.25, 0.3) is 0 Å². The number of nitrogens with one attached hydrogen (secondary N) is 1. The zero-order valence-electron chi connectivity index (χ0n) is 16.6. The first-order chi connectivity index (χ1) is 13.1. The van der Waals surface area contributed by atoms with Gasteiger partial charge in [0, 0.05) is 11.6 Å². The minimum absolute atomic E-state index is 0.196. The van der Waals surface area contributed by atoms with E-state index >= 15 is 0 Å². The van der Waals surface area contributed by atoms with Gasteiger partial charge in [0.2, 0.25) is 15.9 Å². The molecule has 0 saturated carbocycles. The van der Waals surface area contributed by atoms with Gasteiger partial charge in [-0.1, -0.05) is 30.1 Å². The molecule has 1 fully saturated rings. The number of sulfonamides is 1. The number of carbonyl (C=O) groups is 1. The molecule has 1 N–H and O–H groups in total. The molecular weight excluding hydrogens is 421 g/mol. The molecule has 1 aromatic carbocycles. The Bertz CT molecular complexity index is 781. The van der Waals surface area contributed by atoms with Crippen LogP contribution in [0.15, 0.2) is 18.2 Å². The van der Waals surface area contributed by atoms with Crippen molar-refractivity contribution in [3.05, 3.63) is 28.2 Å². The van der Waals surface area contributed by atoms with Crippen molar-refractivity contribution in [1.29, 1.82) is 0 Å². The van der Waals surface area contributed by atoms with E-state index in [0.29, 0.717) is 11.6 Å². The van der Waals surface area contributed by atoms with Crippen LogP contribution in [0.1, 0.15) is 33.1 Å². The zero-order valence-corrected chi connectivity index (χ0v) is 18.9. The predicted octanol–water partition coefficient (Wildman–Crippen LogP) is 3.39. The van der Waals surface area contributed by atoms with E-state index < -0.39 is 16.1 Å². The van der Waals surface area contributed by atoms with Crippen LogP contribution in [0.4, 0.5) is 5.69 Å². The topological polar surface area (TPSA) is 69.7 Å². The average molecular weight is 450 g/mol. The molecule has 1 aliphatic rings. The van der Waals surface area contributed by atoms with Crippen molar-refractivity contribution in [2.24, 2.45) is 5.92 Å². The van der Waals surface area contributed by atoms with Crippen molar-refractivity contribution in [3.8, 4) is 0 Å². The maximum atomic E-state index is 12.6. The standard InChI is InChI=1S/C19H29Cl2N3O3S/c1-14-7-11-23(12-8-14)10-4-9-22-19(25)15(2)24(28(3,26)27)18-13-16(20)5-6-17(18)21/h5-6,13-15H,4,7-12H2,1-3H3,(H,22,25)/t15-/m1/s1. The van der Waals surface area contributed by atoms with Crippen molar-refractivity contribution in [2.45, 2.75) is 39.2 Å². The first-order valence-corrected chi connectivity index (χ1v) is 12.1. The summed E-state index contributed by atoms with van der Waals surface area (Å²) >= 11 is 12.2. The van der Waals surface area contributed by atoms with Crippen LogP contribution in [-0.2, 0) is 14.8 Å². The molecule has 1 heterocycles. The monoisotopic (exact) mass is 449 g/mol. The highest BCUT2D eigenvalue weighted by atomic mass is 35.5.